The zero-order valence-corrected chi connectivity index (χ0v) is 9.60. The molecule has 2 aliphatic rings. The maximum absolute atomic E-state index is 8.67. The number of pyridine rings is 1. The van der Waals surface area contributed by atoms with Crippen molar-refractivity contribution in [3.63, 3.8) is 0 Å². The van der Waals surface area contributed by atoms with Crippen molar-refractivity contribution in [3.05, 3.63) is 24.0 Å². The monoisotopic (exact) mass is 229 g/mol. The topological polar surface area (TPSA) is 57.9 Å². The van der Waals surface area contributed by atoms with Gasteiger partial charge in [0, 0.05) is 12.1 Å². The summed E-state index contributed by atoms with van der Waals surface area (Å²) in [6.07, 6.45) is 6.64. The van der Waals surface area contributed by atoms with E-state index < -0.39 is 0 Å². The van der Waals surface area contributed by atoms with E-state index in [0.29, 0.717) is 23.9 Å². The van der Waals surface area contributed by atoms with Crippen molar-refractivity contribution in [2.75, 3.05) is 0 Å². The Hall–Kier alpha value is -1.60. The summed E-state index contributed by atoms with van der Waals surface area (Å²) in [6.45, 7) is 0. The Balaban J connectivity index is 1.64. The molecule has 4 heteroatoms. The molecule has 0 aliphatic carbocycles. The highest BCUT2D eigenvalue weighted by atomic mass is 16.5. The molecule has 1 N–H and O–H groups in total. The van der Waals surface area contributed by atoms with Crippen LogP contribution in [0, 0.1) is 11.3 Å². The number of ether oxygens (including phenoxy) is 1. The first-order valence-electron chi connectivity index (χ1n) is 6.12. The molecule has 2 bridgehead atoms. The SMILES string of the molecule is N#Cc1ccc(OC2CC3CCC(C2)N3)cn1. The predicted molar refractivity (Wildman–Crippen MR) is 62.5 cm³/mol. The fourth-order valence-electron chi connectivity index (χ4n) is 2.81. The summed E-state index contributed by atoms with van der Waals surface area (Å²) in [6, 6.07) is 6.79. The fourth-order valence-corrected chi connectivity index (χ4v) is 2.81. The normalized spacial score (nSPS) is 30.9. The number of piperidine rings is 1. The summed E-state index contributed by atoms with van der Waals surface area (Å²) >= 11 is 0. The molecular formula is C13H15N3O. The molecule has 2 saturated heterocycles. The molecule has 3 heterocycles. The van der Waals surface area contributed by atoms with E-state index in [1.165, 1.54) is 12.8 Å². The van der Waals surface area contributed by atoms with Crippen LogP contribution in [-0.2, 0) is 0 Å². The Kier molecular flexibility index (Phi) is 2.69. The molecule has 2 unspecified atom stereocenters. The Bertz CT molecular complexity index is 425. The van der Waals surface area contributed by atoms with E-state index >= 15 is 0 Å². The summed E-state index contributed by atoms with van der Waals surface area (Å²) in [5, 5.41) is 12.3. The van der Waals surface area contributed by atoms with Crippen LogP contribution in [0.4, 0.5) is 0 Å². The molecule has 0 saturated carbocycles. The number of nitriles is 1. The third kappa shape index (κ3) is 2.25. The van der Waals surface area contributed by atoms with Gasteiger partial charge < -0.3 is 10.1 Å². The third-order valence-corrected chi connectivity index (χ3v) is 3.58. The van der Waals surface area contributed by atoms with Gasteiger partial charge in [0.25, 0.3) is 0 Å². The Morgan fingerprint density at radius 3 is 2.65 bits per heavy atom. The molecule has 4 nitrogen and oxygen atoms in total. The van der Waals surface area contributed by atoms with E-state index in [1.54, 1.807) is 12.3 Å². The quantitative estimate of drug-likeness (QED) is 0.837. The lowest BCUT2D eigenvalue weighted by Crippen LogP contribution is -2.42. The van der Waals surface area contributed by atoms with Crippen LogP contribution in [0.25, 0.3) is 0 Å². The van der Waals surface area contributed by atoms with Crippen molar-refractivity contribution in [1.29, 1.82) is 5.26 Å². The van der Waals surface area contributed by atoms with Gasteiger partial charge in [0.05, 0.1) is 6.20 Å². The van der Waals surface area contributed by atoms with Crippen molar-refractivity contribution in [2.24, 2.45) is 0 Å². The first-order chi connectivity index (χ1) is 8.33. The lowest BCUT2D eigenvalue weighted by Gasteiger charge is -2.29. The molecule has 0 spiro atoms. The highest BCUT2D eigenvalue weighted by molar-refractivity contribution is 5.26. The van der Waals surface area contributed by atoms with Gasteiger partial charge in [-0.15, -0.1) is 0 Å². The van der Waals surface area contributed by atoms with Gasteiger partial charge in [-0.25, -0.2) is 4.98 Å². The number of hydrogen-bond acceptors (Lipinski definition) is 4. The lowest BCUT2D eigenvalue weighted by molar-refractivity contribution is 0.137. The van der Waals surface area contributed by atoms with Crippen molar-refractivity contribution < 1.29 is 4.74 Å². The molecule has 0 radical (unpaired) electrons. The summed E-state index contributed by atoms with van der Waals surface area (Å²) < 4.78 is 5.92. The Morgan fingerprint density at radius 1 is 1.29 bits per heavy atom. The predicted octanol–water partition coefficient (Wildman–Crippen LogP) is 1.62. The van der Waals surface area contributed by atoms with E-state index in [-0.39, 0.29) is 0 Å². The summed E-state index contributed by atoms with van der Waals surface area (Å²) in [5.41, 5.74) is 0.433. The van der Waals surface area contributed by atoms with E-state index in [2.05, 4.69) is 10.3 Å². The average Bonchev–Trinajstić information content (AvgIpc) is 2.70. The van der Waals surface area contributed by atoms with Crippen LogP contribution in [0.15, 0.2) is 18.3 Å². The fraction of sp³-hybridized carbons (Fsp3) is 0.538. The molecule has 88 valence electrons. The van der Waals surface area contributed by atoms with Crippen LogP contribution in [-0.4, -0.2) is 23.2 Å². The molecule has 2 fully saturated rings. The minimum Gasteiger partial charge on any atom is -0.489 e. The first kappa shape index (κ1) is 10.5. The minimum absolute atomic E-state index is 0.295. The van der Waals surface area contributed by atoms with Crippen LogP contribution >= 0.6 is 0 Å². The van der Waals surface area contributed by atoms with Crippen LogP contribution in [0.3, 0.4) is 0 Å². The highest BCUT2D eigenvalue weighted by Crippen LogP contribution is 2.29. The third-order valence-electron chi connectivity index (χ3n) is 3.58. The van der Waals surface area contributed by atoms with Crippen LogP contribution in [0.2, 0.25) is 0 Å². The average molecular weight is 229 g/mol. The van der Waals surface area contributed by atoms with Crippen molar-refractivity contribution in [3.8, 4) is 11.8 Å². The van der Waals surface area contributed by atoms with Crippen molar-refractivity contribution in [2.45, 2.75) is 43.9 Å². The van der Waals surface area contributed by atoms with Crippen LogP contribution in [0.5, 0.6) is 5.75 Å². The lowest BCUT2D eigenvalue weighted by atomic mass is 10.0. The second kappa shape index (κ2) is 4.34. The van der Waals surface area contributed by atoms with Crippen molar-refractivity contribution >= 4 is 0 Å². The number of fused-ring (bicyclic) bond motifs is 2. The van der Waals surface area contributed by atoms with Gasteiger partial charge in [0.2, 0.25) is 0 Å². The van der Waals surface area contributed by atoms with Gasteiger partial charge in [-0.3, -0.25) is 0 Å². The zero-order valence-electron chi connectivity index (χ0n) is 9.60. The van der Waals surface area contributed by atoms with Gasteiger partial charge in [0.1, 0.15) is 23.6 Å². The second-order valence-electron chi connectivity index (χ2n) is 4.84. The Morgan fingerprint density at radius 2 is 2.06 bits per heavy atom. The molecule has 0 aromatic carbocycles. The summed E-state index contributed by atoms with van der Waals surface area (Å²) in [7, 11) is 0. The maximum atomic E-state index is 8.67. The molecule has 0 amide bonds. The number of nitrogens with zero attached hydrogens (tertiary/aromatic N) is 2. The molecule has 2 atom stereocenters. The van der Waals surface area contributed by atoms with E-state index in [0.717, 1.165) is 18.6 Å². The number of hydrogen-bond donors (Lipinski definition) is 1. The Labute approximate surface area is 101 Å². The largest absolute Gasteiger partial charge is 0.489 e. The highest BCUT2D eigenvalue weighted by Gasteiger charge is 2.34. The first-order valence-corrected chi connectivity index (χ1v) is 6.12. The van der Waals surface area contributed by atoms with Gasteiger partial charge in [-0.05, 0) is 37.8 Å². The molecule has 17 heavy (non-hydrogen) atoms. The van der Waals surface area contributed by atoms with E-state index in [1.807, 2.05) is 12.1 Å². The van der Waals surface area contributed by atoms with Gasteiger partial charge in [-0.2, -0.15) is 5.26 Å². The smallest absolute Gasteiger partial charge is 0.140 e. The van der Waals surface area contributed by atoms with Crippen LogP contribution < -0.4 is 10.1 Å². The molecule has 2 aliphatic heterocycles. The molecule has 1 aromatic heterocycles. The summed E-state index contributed by atoms with van der Waals surface area (Å²) in [4.78, 5) is 4.01. The van der Waals surface area contributed by atoms with Gasteiger partial charge >= 0.3 is 0 Å². The van der Waals surface area contributed by atoms with Crippen LogP contribution in [0.1, 0.15) is 31.4 Å². The number of aromatic nitrogens is 1. The van der Waals surface area contributed by atoms with Gasteiger partial charge in [-0.1, -0.05) is 0 Å². The number of rotatable bonds is 2. The molecule has 1 aromatic rings. The standard InChI is InChI=1S/C13H15N3O/c14-7-11-3-4-12(8-15-11)17-13-5-9-1-2-10(6-13)16-9/h3-4,8-10,13,16H,1-2,5-6H2. The maximum Gasteiger partial charge on any atom is 0.140 e. The second-order valence-corrected chi connectivity index (χ2v) is 4.84. The molecule has 3 rings (SSSR count). The molecular weight excluding hydrogens is 214 g/mol. The zero-order chi connectivity index (χ0) is 11.7. The minimum atomic E-state index is 0.295. The number of nitrogens with one attached hydrogen (secondary N) is 1. The summed E-state index contributed by atoms with van der Waals surface area (Å²) in [5.74, 6) is 0.773. The van der Waals surface area contributed by atoms with Crippen molar-refractivity contribution in [1.82, 2.24) is 10.3 Å². The van der Waals surface area contributed by atoms with Gasteiger partial charge in [0.15, 0.2) is 0 Å². The van der Waals surface area contributed by atoms with E-state index in [4.69, 9.17) is 10.00 Å². The van der Waals surface area contributed by atoms with E-state index in [9.17, 15) is 0 Å².